The third-order valence-electron chi connectivity index (χ3n) is 8.20. The maximum atomic E-state index is 14.3. The fraction of sp³-hybridized carbons (Fsp3) is 0.200. The lowest BCUT2D eigenvalue weighted by molar-refractivity contribution is -0.113. The Bertz CT molecular complexity index is 2320. The summed E-state index contributed by atoms with van der Waals surface area (Å²) in [5, 5.41) is 2.98. The Kier molecular flexibility index (Phi) is 11.4. The molecule has 266 valence electrons. The molecule has 1 aliphatic heterocycles. The average molecular weight is 783 g/mol. The first-order valence-electron chi connectivity index (χ1n) is 16.6. The van der Waals surface area contributed by atoms with Crippen LogP contribution in [0.15, 0.2) is 117 Å². The van der Waals surface area contributed by atoms with E-state index in [2.05, 4.69) is 21.2 Å². The molecule has 0 bridgehead atoms. The molecular formula is C40H36BrN3O7S. The van der Waals surface area contributed by atoms with Crippen molar-refractivity contribution in [3.63, 3.8) is 0 Å². The van der Waals surface area contributed by atoms with Crippen molar-refractivity contribution in [1.29, 1.82) is 0 Å². The Morgan fingerprint density at radius 3 is 2.37 bits per heavy atom. The number of halogens is 1. The highest BCUT2D eigenvalue weighted by Gasteiger charge is 2.32. The minimum atomic E-state index is -0.735. The summed E-state index contributed by atoms with van der Waals surface area (Å²) >= 11 is 4.86. The van der Waals surface area contributed by atoms with Crippen LogP contribution in [-0.2, 0) is 16.1 Å². The van der Waals surface area contributed by atoms with E-state index < -0.39 is 6.04 Å². The number of esters is 1. The van der Waals surface area contributed by atoms with E-state index in [0.29, 0.717) is 72.4 Å². The molecule has 1 aromatic heterocycles. The van der Waals surface area contributed by atoms with Crippen LogP contribution in [0, 0.1) is 0 Å². The Balaban J connectivity index is 1.34. The molecule has 4 aromatic carbocycles. The second-order valence-electron chi connectivity index (χ2n) is 11.6. The van der Waals surface area contributed by atoms with Crippen molar-refractivity contribution in [1.82, 2.24) is 4.57 Å². The molecule has 0 aliphatic carbocycles. The number of anilines is 1. The third-order valence-corrected chi connectivity index (χ3v) is 9.77. The topological polar surface area (TPSA) is 117 Å². The fourth-order valence-corrected chi connectivity index (χ4v) is 7.40. The third kappa shape index (κ3) is 7.88. The van der Waals surface area contributed by atoms with Crippen molar-refractivity contribution in [2.24, 2.45) is 4.99 Å². The number of hydrogen-bond acceptors (Lipinski definition) is 9. The molecule has 0 radical (unpaired) electrons. The maximum absolute atomic E-state index is 14.3. The SMILES string of the molecule is CCOC(=O)c1ccc(COc2c(Br)cc(/C=c3\sc4n(c3=O)[C@H](c3ccc(OCC)cc3)C(C(=O)Nc3ccccc3)=C(C)N=4)cc2OC)cc1. The fourth-order valence-electron chi connectivity index (χ4n) is 5.78. The van der Waals surface area contributed by atoms with Gasteiger partial charge in [0.25, 0.3) is 11.5 Å². The van der Waals surface area contributed by atoms with Gasteiger partial charge in [-0.1, -0.05) is 53.8 Å². The summed E-state index contributed by atoms with van der Waals surface area (Å²) in [6.07, 6.45) is 1.77. The molecule has 1 amide bonds. The summed E-state index contributed by atoms with van der Waals surface area (Å²) < 4.78 is 25.2. The molecule has 1 atom stereocenters. The number of benzene rings is 4. The summed E-state index contributed by atoms with van der Waals surface area (Å²) in [5.41, 5.74) is 3.97. The Morgan fingerprint density at radius 2 is 1.69 bits per heavy atom. The van der Waals surface area contributed by atoms with Crippen LogP contribution >= 0.6 is 27.3 Å². The number of nitrogens with zero attached hydrogens (tertiary/aromatic N) is 2. The van der Waals surface area contributed by atoms with Crippen molar-refractivity contribution in [2.75, 3.05) is 25.6 Å². The summed E-state index contributed by atoms with van der Waals surface area (Å²) in [6, 6.07) is 26.5. The van der Waals surface area contributed by atoms with Gasteiger partial charge >= 0.3 is 5.97 Å². The molecule has 1 N–H and O–H groups in total. The number of methoxy groups -OCH3 is 1. The van der Waals surface area contributed by atoms with Crippen LogP contribution < -0.4 is 34.4 Å². The number of allylic oxidation sites excluding steroid dienone is 1. The lowest BCUT2D eigenvalue weighted by Gasteiger charge is -2.25. The van der Waals surface area contributed by atoms with Gasteiger partial charge in [-0.3, -0.25) is 14.2 Å². The van der Waals surface area contributed by atoms with Crippen LogP contribution in [0.1, 0.15) is 53.9 Å². The number of para-hydroxylation sites is 1. The Morgan fingerprint density at radius 1 is 0.962 bits per heavy atom. The molecule has 0 spiro atoms. The Labute approximate surface area is 312 Å². The number of nitrogens with one attached hydrogen (secondary N) is 1. The van der Waals surface area contributed by atoms with E-state index >= 15 is 0 Å². The summed E-state index contributed by atoms with van der Waals surface area (Å²) in [4.78, 5) is 45.4. The molecule has 10 nitrogen and oxygen atoms in total. The number of ether oxygens (including phenoxy) is 4. The molecule has 0 saturated carbocycles. The first kappa shape index (κ1) is 36.3. The number of hydrogen-bond donors (Lipinski definition) is 1. The molecule has 0 unspecified atom stereocenters. The predicted octanol–water partition coefficient (Wildman–Crippen LogP) is 6.80. The second kappa shape index (κ2) is 16.3. The first-order chi connectivity index (χ1) is 25.2. The molecule has 6 rings (SSSR count). The normalized spacial score (nSPS) is 13.9. The lowest BCUT2D eigenvalue weighted by Crippen LogP contribution is -2.40. The highest BCUT2D eigenvalue weighted by atomic mass is 79.9. The highest BCUT2D eigenvalue weighted by Crippen LogP contribution is 2.38. The van der Waals surface area contributed by atoms with Crippen LogP contribution in [0.4, 0.5) is 5.69 Å². The quantitative estimate of drug-likeness (QED) is 0.139. The molecule has 2 heterocycles. The van der Waals surface area contributed by atoms with Crippen LogP contribution in [0.3, 0.4) is 0 Å². The van der Waals surface area contributed by atoms with E-state index in [1.54, 1.807) is 61.9 Å². The number of amides is 1. The van der Waals surface area contributed by atoms with E-state index in [1.807, 2.05) is 67.6 Å². The molecule has 1 aliphatic rings. The standard InChI is InChI=1S/C40H36BrN3O7S/c1-5-49-30-18-16-27(17-19-30)35-34(37(45)43-29-10-8-7-9-11-29)24(3)42-40-44(35)38(46)33(52-40)22-26-20-31(41)36(32(21-26)48-4)51-23-25-12-14-28(15-13-25)39(47)50-6-2/h7-22,35H,5-6,23H2,1-4H3,(H,43,45)/b33-22-/t35-/m1/s1. The summed E-state index contributed by atoms with van der Waals surface area (Å²) in [6.45, 7) is 6.50. The average Bonchev–Trinajstić information content (AvgIpc) is 3.44. The van der Waals surface area contributed by atoms with Crippen LogP contribution in [0.5, 0.6) is 17.2 Å². The number of thiazole rings is 1. The van der Waals surface area contributed by atoms with Gasteiger partial charge in [0.2, 0.25) is 0 Å². The van der Waals surface area contributed by atoms with E-state index in [-0.39, 0.29) is 24.0 Å². The van der Waals surface area contributed by atoms with Crippen molar-refractivity contribution in [3.05, 3.63) is 149 Å². The molecule has 0 saturated heterocycles. The van der Waals surface area contributed by atoms with Crippen molar-refractivity contribution >= 4 is 50.9 Å². The number of fused-ring (bicyclic) bond motifs is 1. The van der Waals surface area contributed by atoms with Gasteiger partial charge in [-0.25, -0.2) is 9.79 Å². The first-order valence-corrected chi connectivity index (χ1v) is 18.2. The van der Waals surface area contributed by atoms with Crippen LogP contribution in [-0.4, -0.2) is 36.8 Å². The smallest absolute Gasteiger partial charge is 0.338 e. The van der Waals surface area contributed by atoms with Gasteiger partial charge in [0, 0.05) is 5.69 Å². The molecule has 12 heteroatoms. The molecular weight excluding hydrogens is 746 g/mol. The van der Waals surface area contributed by atoms with Gasteiger partial charge in [0.05, 0.1) is 52.2 Å². The van der Waals surface area contributed by atoms with Gasteiger partial charge in [0.1, 0.15) is 12.4 Å². The number of rotatable bonds is 12. The minimum Gasteiger partial charge on any atom is -0.494 e. The zero-order valence-corrected chi connectivity index (χ0v) is 31.4. The number of aromatic nitrogens is 1. The van der Waals surface area contributed by atoms with Crippen molar-refractivity contribution < 1.29 is 28.5 Å². The van der Waals surface area contributed by atoms with E-state index in [1.165, 1.54) is 11.3 Å². The van der Waals surface area contributed by atoms with E-state index in [9.17, 15) is 14.4 Å². The predicted molar refractivity (Wildman–Crippen MR) is 204 cm³/mol. The van der Waals surface area contributed by atoms with Crippen LogP contribution in [0.25, 0.3) is 6.08 Å². The zero-order chi connectivity index (χ0) is 36.8. The van der Waals surface area contributed by atoms with Gasteiger partial charge in [-0.2, -0.15) is 0 Å². The summed E-state index contributed by atoms with van der Waals surface area (Å²) in [5.74, 6) is 0.904. The molecule has 0 fully saturated rings. The Hall–Kier alpha value is -5.46. The van der Waals surface area contributed by atoms with Crippen molar-refractivity contribution in [3.8, 4) is 17.2 Å². The van der Waals surface area contributed by atoms with E-state index in [0.717, 1.165) is 11.1 Å². The van der Waals surface area contributed by atoms with Gasteiger partial charge in [-0.15, -0.1) is 0 Å². The highest BCUT2D eigenvalue weighted by molar-refractivity contribution is 9.10. The largest absolute Gasteiger partial charge is 0.494 e. The monoisotopic (exact) mass is 781 g/mol. The summed E-state index contributed by atoms with van der Waals surface area (Å²) in [7, 11) is 1.54. The van der Waals surface area contributed by atoms with Gasteiger partial charge in [-0.05, 0) is 108 Å². The zero-order valence-electron chi connectivity index (χ0n) is 29.0. The number of carbonyl (C=O) groups is 2. The maximum Gasteiger partial charge on any atom is 0.338 e. The molecule has 5 aromatic rings. The number of carbonyl (C=O) groups excluding carboxylic acids is 2. The van der Waals surface area contributed by atoms with Gasteiger partial charge < -0.3 is 24.3 Å². The lowest BCUT2D eigenvalue weighted by atomic mass is 9.95. The second-order valence-corrected chi connectivity index (χ2v) is 13.5. The van der Waals surface area contributed by atoms with E-state index in [4.69, 9.17) is 23.9 Å². The minimum absolute atomic E-state index is 0.223. The van der Waals surface area contributed by atoms with Gasteiger partial charge in [0.15, 0.2) is 16.3 Å². The van der Waals surface area contributed by atoms with Crippen LogP contribution in [0.2, 0.25) is 0 Å². The molecule has 52 heavy (non-hydrogen) atoms. The van der Waals surface area contributed by atoms with Crippen molar-refractivity contribution in [2.45, 2.75) is 33.4 Å².